The van der Waals surface area contributed by atoms with Crippen LogP contribution in [0.2, 0.25) is 0 Å². The number of imidazole rings is 1. The lowest BCUT2D eigenvalue weighted by molar-refractivity contribution is -0.658. The first-order valence-corrected chi connectivity index (χ1v) is 7.50. The van der Waals surface area contributed by atoms with Crippen LogP contribution < -0.4 is 10.3 Å². The molecule has 0 spiro atoms. The van der Waals surface area contributed by atoms with E-state index in [-0.39, 0.29) is 18.8 Å². The lowest BCUT2D eigenvalue weighted by Gasteiger charge is -2.23. The molecule has 0 radical (unpaired) electrons. The fraction of sp³-hybridized carbons (Fsp3) is 0.643. The number of anilines is 1. The van der Waals surface area contributed by atoms with E-state index in [1.807, 2.05) is 13.8 Å². The van der Waals surface area contributed by atoms with Gasteiger partial charge in [-0.1, -0.05) is 4.98 Å². The van der Waals surface area contributed by atoms with Crippen LogP contribution in [0, 0.1) is 0 Å². The number of hydrogen-bond acceptors (Lipinski definition) is 7. The molecule has 2 fully saturated rings. The van der Waals surface area contributed by atoms with Gasteiger partial charge in [0.25, 0.3) is 5.82 Å². The standard InChI is InChI=1S/C14H19N5O4/c1-14(2)22-9-7(4-20)21-13(10(9)23-14)19-6-16-8-11(15)18(3)5-17-12(8)19/h5-7,9-10,13,15,20H,4H2,1-3H3/p+1/t7-,9-,10-,13-/m1/s1. The molecule has 9 heteroatoms. The predicted molar refractivity (Wildman–Crippen MR) is 77.9 cm³/mol. The van der Waals surface area contributed by atoms with E-state index in [1.165, 1.54) is 0 Å². The third-order valence-corrected chi connectivity index (χ3v) is 4.32. The van der Waals surface area contributed by atoms with Gasteiger partial charge in [-0.3, -0.25) is 4.57 Å². The van der Waals surface area contributed by atoms with Crippen molar-refractivity contribution in [3.05, 3.63) is 12.7 Å². The van der Waals surface area contributed by atoms with Crippen LogP contribution >= 0.6 is 0 Å². The second-order valence-electron chi connectivity index (χ2n) is 6.38. The Kier molecular flexibility index (Phi) is 3.11. The van der Waals surface area contributed by atoms with Gasteiger partial charge in [-0.2, -0.15) is 0 Å². The molecule has 2 aromatic heterocycles. The first kappa shape index (κ1) is 14.8. The minimum absolute atomic E-state index is 0.145. The van der Waals surface area contributed by atoms with Crippen molar-refractivity contribution in [2.45, 2.75) is 44.2 Å². The number of aryl methyl sites for hydroxylation is 1. The van der Waals surface area contributed by atoms with Crippen molar-refractivity contribution < 1.29 is 23.9 Å². The Morgan fingerprint density at radius 2 is 2.09 bits per heavy atom. The van der Waals surface area contributed by atoms with E-state index >= 15 is 0 Å². The summed E-state index contributed by atoms with van der Waals surface area (Å²) in [7, 11) is 1.81. The van der Waals surface area contributed by atoms with Crippen molar-refractivity contribution in [3.63, 3.8) is 0 Å². The molecule has 0 amide bonds. The first-order valence-electron chi connectivity index (χ1n) is 7.50. The van der Waals surface area contributed by atoms with Crippen LogP contribution in [0.15, 0.2) is 12.7 Å². The van der Waals surface area contributed by atoms with Crippen molar-refractivity contribution in [1.29, 1.82) is 0 Å². The summed E-state index contributed by atoms with van der Waals surface area (Å²) in [6.45, 7) is 3.55. The molecule has 0 aliphatic carbocycles. The fourth-order valence-electron chi connectivity index (χ4n) is 3.25. The SMILES string of the molecule is C[n+]1cnc2c(ncn2[C@@H]2O[C@H](CO)[C@H]3OC(C)(C)O[C@H]32)c1N. The number of aliphatic hydroxyl groups is 1. The summed E-state index contributed by atoms with van der Waals surface area (Å²) in [5, 5.41) is 9.57. The van der Waals surface area contributed by atoms with Crippen LogP contribution in [0.5, 0.6) is 0 Å². The van der Waals surface area contributed by atoms with Crippen LogP contribution in [-0.4, -0.2) is 50.3 Å². The van der Waals surface area contributed by atoms with E-state index in [9.17, 15) is 5.11 Å². The number of ether oxygens (including phenoxy) is 3. The average Bonchev–Trinajstić information content (AvgIpc) is 3.13. The van der Waals surface area contributed by atoms with E-state index in [0.717, 1.165) is 0 Å². The van der Waals surface area contributed by atoms with Crippen LogP contribution in [0.1, 0.15) is 20.1 Å². The maximum absolute atomic E-state index is 9.57. The molecular formula is C14H20N5O4+. The van der Waals surface area contributed by atoms with Gasteiger partial charge in [0.05, 0.1) is 13.7 Å². The molecule has 2 saturated heterocycles. The highest BCUT2D eigenvalue weighted by Crippen LogP contribution is 2.43. The van der Waals surface area contributed by atoms with Crippen LogP contribution in [-0.2, 0) is 21.3 Å². The maximum atomic E-state index is 9.57. The quantitative estimate of drug-likeness (QED) is 0.700. The summed E-state index contributed by atoms with van der Waals surface area (Å²) >= 11 is 0. The lowest BCUT2D eigenvalue weighted by atomic mass is 10.1. The number of nitrogen functional groups attached to an aromatic ring is 1. The molecule has 3 N–H and O–H groups in total. The van der Waals surface area contributed by atoms with Crippen molar-refractivity contribution in [2.75, 3.05) is 12.3 Å². The number of nitrogens with two attached hydrogens (primary N) is 1. The molecular weight excluding hydrogens is 302 g/mol. The zero-order valence-electron chi connectivity index (χ0n) is 13.2. The third-order valence-electron chi connectivity index (χ3n) is 4.32. The Morgan fingerprint density at radius 3 is 2.83 bits per heavy atom. The van der Waals surface area contributed by atoms with Crippen molar-refractivity contribution in [3.8, 4) is 0 Å². The number of aromatic nitrogens is 4. The van der Waals surface area contributed by atoms with Gasteiger partial charge in [0.2, 0.25) is 12.0 Å². The molecule has 124 valence electrons. The summed E-state index contributed by atoms with van der Waals surface area (Å²) in [5.41, 5.74) is 7.25. The van der Waals surface area contributed by atoms with Crippen molar-refractivity contribution in [1.82, 2.24) is 14.5 Å². The summed E-state index contributed by atoms with van der Waals surface area (Å²) in [5.74, 6) is -0.203. The van der Waals surface area contributed by atoms with Gasteiger partial charge in [-0.15, -0.1) is 0 Å². The van der Waals surface area contributed by atoms with Gasteiger partial charge in [-0.25, -0.2) is 9.55 Å². The molecule has 4 atom stereocenters. The van der Waals surface area contributed by atoms with Crippen LogP contribution in [0.4, 0.5) is 5.82 Å². The highest BCUT2D eigenvalue weighted by Gasteiger charge is 2.56. The van der Waals surface area contributed by atoms with Crippen LogP contribution in [0.3, 0.4) is 0 Å². The van der Waals surface area contributed by atoms with Gasteiger partial charge in [0.1, 0.15) is 24.6 Å². The Balaban J connectivity index is 1.77. The fourth-order valence-corrected chi connectivity index (χ4v) is 3.25. The minimum Gasteiger partial charge on any atom is -0.394 e. The lowest BCUT2D eigenvalue weighted by Crippen LogP contribution is -2.33. The van der Waals surface area contributed by atoms with Crippen LogP contribution in [0.25, 0.3) is 11.2 Å². The van der Waals surface area contributed by atoms with Crippen molar-refractivity contribution in [2.24, 2.45) is 7.05 Å². The summed E-state index contributed by atoms with van der Waals surface area (Å²) in [6.07, 6.45) is 1.63. The Labute approximate surface area is 132 Å². The normalized spacial score (nSPS) is 32.5. The Morgan fingerprint density at radius 1 is 1.35 bits per heavy atom. The molecule has 0 unspecified atom stereocenters. The topological polar surface area (TPSA) is 109 Å². The van der Waals surface area contributed by atoms with E-state index < -0.39 is 18.1 Å². The zero-order valence-corrected chi connectivity index (χ0v) is 13.2. The minimum atomic E-state index is -0.722. The molecule has 2 aliphatic heterocycles. The predicted octanol–water partition coefficient (Wildman–Crippen LogP) is -0.752. The molecule has 0 bridgehead atoms. The molecule has 23 heavy (non-hydrogen) atoms. The van der Waals surface area contributed by atoms with E-state index in [0.29, 0.717) is 17.0 Å². The Hall–Kier alpha value is -1.81. The molecule has 4 rings (SSSR count). The number of nitrogens with zero attached hydrogens (tertiary/aromatic N) is 4. The molecule has 0 saturated carbocycles. The van der Waals surface area contributed by atoms with Crippen molar-refractivity contribution >= 4 is 17.0 Å². The summed E-state index contributed by atoms with van der Waals surface area (Å²) < 4.78 is 21.3. The number of hydrogen-bond donors (Lipinski definition) is 2. The number of rotatable bonds is 2. The number of fused-ring (bicyclic) bond motifs is 2. The van der Waals surface area contributed by atoms with Gasteiger partial charge in [0.15, 0.2) is 17.5 Å². The molecule has 0 aromatic carbocycles. The monoisotopic (exact) mass is 322 g/mol. The first-order chi connectivity index (χ1) is 10.9. The second-order valence-corrected chi connectivity index (χ2v) is 6.38. The van der Waals surface area contributed by atoms with E-state index in [1.54, 1.807) is 28.8 Å². The van der Waals surface area contributed by atoms with Gasteiger partial charge >= 0.3 is 0 Å². The smallest absolute Gasteiger partial charge is 0.250 e. The molecule has 2 aliphatic rings. The van der Waals surface area contributed by atoms with E-state index in [2.05, 4.69) is 9.97 Å². The maximum Gasteiger partial charge on any atom is 0.250 e. The van der Waals surface area contributed by atoms with Gasteiger partial charge in [-0.05, 0) is 13.8 Å². The average molecular weight is 322 g/mol. The summed E-state index contributed by atoms with van der Waals surface area (Å²) in [4.78, 5) is 8.73. The zero-order chi connectivity index (χ0) is 16.4. The molecule has 4 heterocycles. The highest BCUT2D eigenvalue weighted by atomic mass is 16.8. The molecule has 2 aromatic rings. The second kappa shape index (κ2) is 4.84. The third kappa shape index (κ3) is 2.12. The Bertz CT molecular complexity index is 761. The van der Waals surface area contributed by atoms with Gasteiger partial charge in [0, 0.05) is 0 Å². The van der Waals surface area contributed by atoms with E-state index in [4.69, 9.17) is 19.9 Å². The molecule has 9 nitrogen and oxygen atoms in total. The largest absolute Gasteiger partial charge is 0.394 e. The van der Waals surface area contributed by atoms with Gasteiger partial charge < -0.3 is 25.1 Å². The summed E-state index contributed by atoms with van der Waals surface area (Å²) in [6, 6.07) is 0. The number of aliphatic hydroxyl groups excluding tert-OH is 1. The highest BCUT2D eigenvalue weighted by molar-refractivity contribution is 5.79.